The van der Waals surface area contributed by atoms with E-state index in [0.717, 1.165) is 5.57 Å². The van der Waals surface area contributed by atoms with Gasteiger partial charge in [0.2, 0.25) is 0 Å². The molecule has 0 heterocycles. The fourth-order valence-electron chi connectivity index (χ4n) is 2.15. The van der Waals surface area contributed by atoms with Gasteiger partial charge in [0.25, 0.3) is 5.91 Å². The van der Waals surface area contributed by atoms with Crippen LogP contribution in [0.2, 0.25) is 0 Å². The van der Waals surface area contributed by atoms with Crippen LogP contribution < -0.4 is 0 Å². The molecule has 0 fully saturated rings. The molecule has 3 nitrogen and oxygen atoms in total. The van der Waals surface area contributed by atoms with Crippen molar-refractivity contribution in [2.75, 3.05) is 0 Å². The van der Waals surface area contributed by atoms with Crippen LogP contribution in [-0.2, 0) is 4.79 Å². The maximum Gasteiger partial charge on any atom is 0.277 e. The number of hydrogen-bond donors (Lipinski definition) is 0. The van der Waals surface area contributed by atoms with Gasteiger partial charge in [0.1, 0.15) is 0 Å². The van der Waals surface area contributed by atoms with Crippen molar-refractivity contribution in [2.45, 2.75) is 20.8 Å². The van der Waals surface area contributed by atoms with Crippen LogP contribution in [-0.4, -0.2) is 17.4 Å². The molecule has 108 valence electrons. The number of nitrogens with zero attached hydrogens (tertiary/aromatic N) is 1. The monoisotopic (exact) mass is 345 g/mol. The molecular weight excluding hydrogens is 330 g/mol. The maximum atomic E-state index is 12.2. The predicted octanol–water partition coefficient (Wildman–Crippen LogP) is 4.10. The lowest BCUT2D eigenvalue weighted by molar-refractivity contribution is -0.111. The average Bonchev–Trinajstić information content (AvgIpc) is 2.45. The second-order valence-electron chi connectivity index (χ2n) is 5.21. The number of benzene rings is 1. The highest BCUT2D eigenvalue weighted by Gasteiger charge is 2.25. The Hall–Kier alpha value is -1.81. The van der Waals surface area contributed by atoms with Crippen LogP contribution in [0.4, 0.5) is 0 Å². The normalized spacial score (nSPS) is 17.5. The van der Waals surface area contributed by atoms with Gasteiger partial charge in [-0.2, -0.15) is 0 Å². The van der Waals surface area contributed by atoms with Crippen molar-refractivity contribution in [1.29, 1.82) is 0 Å². The van der Waals surface area contributed by atoms with Crippen molar-refractivity contribution in [1.82, 2.24) is 0 Å². The van der Waals surface area contributed by atoms with Crippen LogP contribution >= 0.6 is 15.9 Å². The minimum atomic E-state index is -0.303. The first kappa shape index (κ1) is 15.6. The summed E-state index contributed by atoms with van der Waals surface area (Å²) in [5.74, 6) is -0.262. The van der Waals surface area contributed by atoms with Crippen molar-refractivity contribution in [3.63, 3.8) is 0 Å². The van der Waals surface area contributed by atoms with E-state index in [-0.39, 0.29) is 17.6 Å². The lowest BCUT2D eigenvalue weighted by Crippen LogP contribution is -2.20. The van der Waals surface area contributed by atoms with E-state index in [1.165, 1.54) is 0 Å². The number of halogens is 1. The summed E-state index contributed by atoms with van der Waals surface area (Å²) in [6, 6.07) is 8.90. The van der Waals surface area contributed by atoms with Gasteiger partial charge in [-0.15, -0.1) is 0 Å². The van der Waals surface area contributed by atoms with E-state index in [1.54, 1.807) is 37.3 Å². The molecule has 21 heavy (non-hydrogen) atoms. The van der Waals surface area contributed by atoms with Crippen molar-refractivity contribution < 1.29 is 9.59 Å². The first-order valence-corrected chi connectivity index (χ1v) is 7.52. The molecule has 2 rings (SSSR count). The Morgan fingerprint density at radius 1 is 1.19 bits per heavy atom. The van der Waals surface area contributed by atoms with Crippen molar-refractivity contribution in [3.05, 3.63) is 57.6 Å². The first-order valence-electron chi connectivity index (χ1n) is 6.73. The molecule has 1 aliphatic carbocycles. The van der Waals surface area contributed by atoms with Crippen LogP contribution in [0.1, 0.15) is 31.1 Å². The van der Waals surface area contributed by atoms with Crippen LogP contribution in [0.25, 0.3) is 0 Å². The van der Waals surface area contributed by atoms with E-state index in [1.807, 2.05) is 19.9 Å². The van der Waals surface area contributed by atoms with Gasteiger partial charge in [0.15, 0.2) is 5.78 Å². The summed E-state index contributed by atoms with van der Waals surface area (Å²) in [6.45, 7) is 5.67. The Balaban J connectivity index is 2.48. The molecule has 0 radical (unpaired) electrons. The summed E-state index contributed by atoms with van der Waals surface area (Å²) in [7, 11) is 0. The van der Waals surface area contributed by atoms with Crippen molar-refractivity contribution in [3.8, 4) is 0 Å². The third kappa shape index (κ3) is 3.27. The number of ketones is 1. The van der Waals surface area contributed by atoms with E-state index in [2.05, 4.69) is 20.9 Å². The molecular formula is C17H16BrNO2. The number of aliphatic imine (C=N–C) groups is 1. The fourth-order valence-corrected chi connectivity index (χ4v) is 3.13. The average molecular weight is 346 g/mol. The number of Topliss-reactive ketones (excluding diaryl/α,β-unsaturated/α-hetero) is 1. The standard InChI is InChI=1S/C17H16BrNO2/c1-10(2)14-13(9-11(3)16(20)15(14)18)19-17(21)12-7-5-4-6-8-12/h4-10H,1-3H3. The van der Waals surface area contributed by atoms with Gasteiger partial charge in [-0.1, -0.05) is 32.0 Å². The molecule has 1 aromatic rings. The zero-order valence-electron chi connectivity index (χ0n) is 12.2. The molecule has 1 aliphatic rings. The number of carbonyl (C=O) groups is 2. The molecule has 1 amide bonds. The summed E-state index contributed by atoms with van der Waals surface area (Å²) in [5.41, 5.74) is 2.44. The number of amides is 1. The zero-order valence-corrected chi connectivity index (χ0v) is 13.8. The number of hydrogen-bond acceptors (Lipinski definition) is 2. The highest BCUT2D eigenvalue weighted by Crippen LogP contribution is 2.29. The molecule has 0 aromatic heterocycles. The number of carbonyl (C=O) groups excluding carboxylic acids is 2. The third-order valence-electron chi connectivity index (χ3n) is 3.24. The second kappa shape index (κ2) is 6.31. The maximum absolute atomic E-state index is 12.2. The summed E-state index contributed by atoms with van der Waals surface area (Å²) in [4.78, 5) is 28.5. The topological polar surface area (TPSA) is 46.5 Å². The Bertz CT molecular complexity index is 682. The van der Waals surface area contributed by atoms with Crippen LogP contribution in [0.15, 0.2) is 57.0 Å². The molecule has 4 heteroatoms. The van der Waals surface area contributed by atoms with Gasteiger partial charge in [-0.3, -0.25) is 9.59 Å². The number of allylic oxidation sites excluding steroid dienone is 4. The molecule has 0 bridgehead atoms. The van der Waals surface area contributed by atoms with E-state index >= 15 is 0 Å². The smallest absolute Gasteiger partial charge is 0.277 e. The van der Waals surface area contributed by atoms with Crippen molar-refractivity contribution in [2.24, 2.45) is 10.9 Å². The minimum absolute atomic E-state index is 0.0511. The van der Waals surface area contributed by atoms with E-state index < -0.39 is 0 Å². The van der Waals surface area contributed by atoms with E-state index in [0.29, 0.717) is 21.3 Å². The molecule has 0 unspecified atom stereocenters. The molecule has 0 aliphatic heterocycles. The Morgan fingerprint density at radius 2 is 1.81 bits per heavy atom. The molecule has 0 spiro atoms. The quantitative estimate of drug-likeness (QED) is 0.757. The largest absolute Gasteiger partial charge is 0.288 e. The highest BCUT2D eigenvalue weighted by molar-refractivity contribution is 9.12. The lowest BCUT2D eigenvalue weighted by Gasteiger charge is -2.19. The van der Waals surface area contributed by atoms with Gasteiger partial charge in [0, 0.05) is 5.56 Å². The van der Waals surface area contributed by atoms with Crippen LogP contribution in [0, 0.1) is 5.92 Å². The SMILES string of the molecule is CC1=CC(=NC(=O)c2ccccc2)C(C(C)C)=C(Br)C1=O. The van der Waals surface area contributed by atoms with Crippen molar-refractivity contribution >= 4 is 33.3 Å². The molecule has 1 aromatic carbocycles. The molecule has 0 atom stereocenters. The summed E-state index contributed by atoms with van der Waals surface area (Å²) in [5, 5.41) is 0. The summed E-state index contributed by atoms with van der Waals surface area (Å²) in [6.07, 6.45) is 1.68. The first-order chi connectivity index (χ1) is 9.91. The second-order valence-corrected chi connectivity index (χ2v) is 6.00. The predicted molar refractivity (Wildman–Crippen MR) is 87.8 cm³/mol. The van der Waals surface area contributed by atoms with Gasteiger partial charge in [-0.25, -0.2) is 4.99 Å². The van der Waals surface area contributed by atoms with Gasteiger partial charge in [-0.05, 0) is 58.1 Å². The van der Waals surface area contributed by atoms with E-state index in [4.69, 9.17) is 0 Å². The summed E-state index contributed by atoms with van der Waals surface area (Å²) >= 11 is 3.34. The van der Waals surface area contributed by atoms with Gasteiger partial charge < -0.3 is 0 Å². The number of rotatable bonds is 2. The molecule has 0 N–H and O–H groups in total. The van der Waals surface area contributed by atoms with E-state index in [9.17, 15) is 9.59 Å². The fraction of sp³-hybridized carbons (Fsp3) is 0.235. The molecule has 0 saturated heterocycles. The van der Waals surface area contributed by atoms with Gasteiger partial charge >= 0.3 is 0 Å². The molecule has 0 saturated carbocycles. The van der Waals surface area contributed by atoms with Crippen LogP contribution in [0.3, 0.4) is 0 Å². The Morgan fingerprint density at radius 3 is 2.38 bits per heavy atom. The van der Waals surface area contributed by atoms with Crippen LogP contribution in [0.5, 0.6) is 0 Å². The zero-order chi connectivity index (χ0) is 15.6. The third-order valence-corrected chi connectivity index (χ3v) is 4.03. The Labute approximate surface area is 132 Å². The van der Waals surface area contributed by atoms with Gasteiger partial charge in [0.05, 0.1) is 10.2 Å². The summed E-state index contributed by atoms with van der Waals surface area (Å²) < 4.78 is 0.497. The minimum Gasteiger partial charge on any atom is -0.288 e. The highest BCUT2D eigenvalue weighted by atomic mass is 79.9. The lowest BCUT2D eigenvalue weighted by atomic mass is 9.90. The Kier molecular flexibility index (Phi) is 4.68.